The number of carbonyl (C=O) groups excluding carboxylic acids is 2. The number of hydrogen-bond donors (Lipinski definition) is 0. The van der Waals surface area contributed by atoms with Crippen molar-refractivity contribution in [3.8, 4) is 6.07 Å². The number of amides is 1. The smallest absolute Gasteiger partial charge is 0.414 e. The summed E-state index contributed by atoms with van der Waals surface area (Å²) in [6, 6.07) is 8.98. The van der Waals surface area contributed by atoms with Gasteiger partial charge in [0.2, 0.25) is 0 Å². The first-order valence-electron chi connectivity index (χ1n) is 9.88. The number of cyclic esters (lactones) is 1. The molecule has 3 rings (SSSR count). The minimum atomic E-state index is -0.466. The number of hydrogen-bond acceptors (Lipinski definition) is 7. The molecule has 0 saturated carbocycles. The van der Waals surface area contributed by atoms with Gasteiger partial charge in [-0.05, 0) is 45.0 Å². The molecule has 1 unspecified atom stereocenters. The van der Waals surface area contributed by atoms with E-state index < -0.39 is 5.60 Å². The number of nitriles is 1. The van der Waals surface area contributed by atoms with Crippen molar-refractivity contribution in [2.75, 3.05) is 50.7 Å². The second-order valence-electron chi connectivity index (χ2n) is 8.44. The molecule has 1 aromatic carbocycles. The zero-order valence-corrected chi connectivity index (χ0v) is 17.3. The normalized spacial score (nSPS) is 21.0. The van der Waals surface area contributed by atoms with Crippen molar-refractivity contribution in [3.05, 3.63) is 29.8 Å². The van der Waals surface area contributed by atoms with E-state index in [0.717, 1.165) is 31.9 Å². The molecule has 8 heteroatoms. The minimum absolute atomic E-state index is 0.199. The molecular weight excluding hydrogens is 372 g/mol. The van der Waals surface area contributed by atoms with Gasteiger partial charge in [0.1, 0.15) is 11.7 Å². The van der Waals surface area contributed by atoms with Crippen LogP contribution in [0.5, 0.6) is 0 Å². The summed E-state index contributed by atoms with van der Waals surface area (Å²) >= 11 is 0. The molecule has 0 radical (unpaired) electrons. The molecule has 0 aliphatic carbocycles. The van der Waals surface area contributed by atoms with Crippen molar-refractivity contribution in [3.63, 3.8) is 0 Å². The van der Waals surface area contributed by atoms with E-state index in [0.29, 0.717) is 25.2 Å². The van der Waals surface area contributed by atoms with Gasteiger partial charge in [0.25, 0.3) is 0 Å². The number of ether oxygens (including phenoxy) is 2. The van der Waals surface area contributed by atoms with Crippen LogP contribution in [0.4, 0.5) is 10.5 Å². The third kappa shape index (κ3) is 5.92. The van der Waals surface area contributed by atoms with Crippen LogP contribution in [0.3, 0.4) is 0 Å². The lowest BCUT2D eigenvalue weighted by Gasteiger charge is -2.35. The molecule has 8 nitrogen and oxygen atoms in total. The van der Waals surface area contributed by atoms with Gasteiger partial charge in [-0.15, -0.1) is 0 Å². The van der Waals surface area contributed by atoms with Gasteiger partial charge in [0, 0.05) is 38.4 Å². The molecule has 0 aromatic heterocycles. The Morgan fingerprint density at radius 2 is 1.79 bits per heavy atom. The molecule has 0 spiro atoms. The molecule has 1 aromatic rings. The van der Waals surface area contributed by atoms with Crippen LogP contribution in [0.25, 0.3) is 0 Å². The number of anilines is 1. The van der Waals surface area contributed by atoms with E-state index in [9.17, 15) is 9.59 Å². The number of carbonyl (C=O) groups is 2. The van der Waals surface area contributed by atoms with E-state index >= 15 is 0 Å². The third-order valence-corrected chi connectivity index (χ3v) is 4.88. The Morgan fingerprint density at radius 3 is 2.38 bits per heavy atom. The van der Waals surface area contributed by atoms with Gasteiger partial charge >= 0.3 is 12.1 Å². The highest BCUT2D eigenvalue weighted by atomic mass is 16.6. The number of esters is 1. The molecule has 156 valence electrons. The second-order valence-corrected chi connectivity index (χ2v) is 8.44. The maximum absolute atomic E-state index is 12.2. The minimum Gasteiger partial charge on any atom is -0.459 e. The fraction of sp³-hybridized carbons (Fsp3) is 0.571. The van der Waals surface area contributed by atoms with E-state index in [1.54, 1.807) is 29.2 Å². The summed E-state index contributed by atoms with van der Waals surface area (Å²) in [4.78, 5) is 30.2. The van der Waals surface area contributed by atoms with E-state index in [1.165, 1.54) is 0 Å². The highest BCUT2D eigenvalue weighted by molar-refractivity contribution is 5.89. The molecule has 1 atom stereocenters. The van der Waals surface area contributed by atoms with Crippen LogP contribution in [0.1, 0.15) is 26.3 Å². The van der Waals surface area contributed by atoms with Crippen molar-refractivity contribution >= 4 is 17.7 Å². The predicted molar refractivity (Wildman–Crippen MR) is 107 cm³/mol. The van der Waals surface area contributed by atoms with Crippen molar-refractivity contribution in [2.24, 2.45) is 0 Å². The Bertz CT molecular complexity index is 773. The van der Waals surface area contributed by atoms with E-state index in [1.807, 2.05) is 20.8 Å². The van der Waals surface area contributed by atoms with Gasteiger partial charge in [0.05, 0.1) is 24.7 Å². The molecule has 2 aliphatic heterocycles. The first-order valence-corrected chi connectivity index (χ1v) is 9.88. The summed E-state index contributed by atoms with van der Waals surface area (Å²) in [5.41, 5.74) is 0.826. The zero-order valence-electron chi connectivity index (χ0n) is 17.3. The molecule has 0 N–H and O–H groups in total. The Hall–Kier alpha value is -2.63. The van der Waals surface area contributed by atoms with Crippen LogP contribution in [-0.4, -0.2) is 79.4 Å². The van der Waals surface area contributed by atoms with E-state index in [2.05, 4.69) is 15.9 Å². The van der Waals surface area contributed by atoms with Gasteiger partial charge in [-0.2, -0.15) is 5.26 Å². The summed E-state index contributed by atoms with van der Waals surface area (Å²) < 4.78 is 10.9. The molecule has 2 heterocycles. The number of rotatable bonds is 5. The largest absolute Gasteiger partial charge is 0.459 e. The maximum atomic E-state index is 12.2. The number of nitrogens with zero attached hydrogens (tertiary/aromatic N) is 4. The number of benzene rings is 1. The van der Waals surface area contributed by atoms with Crippen LogP contribution < -0.4 is 4.90 Å². The lowest BCUT2D eigenvalue weighted by Crippen LogP contribution is -2.50. The van der Waals surface area contributed by atoms with Crippen molar-refractivity contribution in [1.29, 1.82) is 5.26 Å². The standard InChI is InChI=1S/C21H28N4O4/c1-21(2,3)29-19(26)15-24-10-8-23(9-11-24)13-18-14-25(20(27)28-18)17-6-4-16(12-22)5-7-17/h4-7,18H,8-11,13-15H2,1-3H3. The van der Waals surface area contributed by atoms with Crippen molar-refractivity contribution in [1.82, 2.24) is 9.80 Å². The maximum Gasteiger partial charge on any atom is 0.414 e. The van der Waals surface area contributed by atoms with Crippen LogP contribution in [-0.2, 0) is 14.3 Å². The molecule has 2 aliphatic rings. The lowest BCUT2D eigenvalue weighted by atomic mass is 10.2. The summed E-state index contributed by atoms with van der Waals surface area (Å²) in [7, 11) is 0. The molecule has 1 amide bonds. The molecule has 0 bridgehead atoms. The van der Waals surface area contributed by atoms with Crippen LogP contribution in [0, 0.1) is 11.3 Å². The third-order valence-electron chi connectivity index (χ3n) is 4.88. The average Bonchev–Trinajstić information content (AvgIpc) is 3.02. The van der Waals surface area contributed by atoms with Gasteiger partial charge in [-0.1, -0.05) is 0 Å². The van der Waals surface area contributed by atoms with Gasteiger partial charge in [-0.25, -0.2) is 4.79 Å². The summed E-state index contributed by atoms with van der Waals surface area (Å²) in [6.07, 6.45) is -0.557. The molecular formula is C21H28N4O4. The topological polar surface area (TPSA) is 86.1 Å². The second kappa shape index (κ2) is 8.80. The van der Waals surface area contributed by atoms with Crippen molar-refractivity contribution < 1.29 is 19.1 Å². The fourth-order valence-corrected chi connectivity index (χ4v) is 3.52. The summed E-state index contributed by atoms with van der Waals surface area (Å²) in [6.45, 7) is 10.2. The molecule has 2 saturated heterocycles. The zero-order chi connectivity index (χ0) is 21.0. The highest BCUT2D eigenvalue weighted by Gasteiger charge is 2.34. The first kappa shape index (κ1) is 21.1. The van der Waals surface area contributed by atoms with E-state index in [-0.39, 0.29) is 18.2 Å². The first-order chi connectivity index (χ1) is 13.7. The van der Waals surface area contributed by atoms with Gasteiger partial charge < -0.3 is 9.47 Å². The Balaban J connectivity index is 1.44. The monoisotopic (exact) mass is 400 g/mol. The molecule has 2 fully saturated rings. The Morgan fingerprint density at radius 1 is 1.17 bits per heavy atom. The van der Waals surface area contributed by atoms with Crippen LogP contribution in [0.15, 0.2) is 24.3 Å². The van der Waals surface area contributed by atoms with Crippen LogP contribution in [0.2, 0.25) is 0 Å². The summed E-state index contributed by atoms with van der Waals surface area (Å²) in [5, 5.41) is 8.90. The highest BCUT2D eigenvalue weighted by Crippen LogP contribution is 2.22. The molecule has 29 heavy (non-hydrogen) atoms. The lowest BCUT2D eigenvalue weighted by molar-refractivity contribution is -0.156. The van der Waals surface area contributed by atoms with Crippen LogP contribution >= 0.6 is 0 Å². The van der Waals surface area contributed by atoms with E-state index in [4.69, 9.17) is 14.7 Å². The Kier molecular flexibility index (Phi) is 6.40. The van der Waals surface area contributed by atoms with Crippen molar-refractivity contribution in [2.45, 2.75) is 32.5 Å². The SMILES string of the molecule is CC(C)(C)OC(=O)CN1CCN(CC2CN(c3ccc(C#N)cc3)C(=O)O2)CC1. The van der Waals surface area contributed by atoms with Gasteiger partial charge in [-0.3, -0.25) is 19.5 Å². The average molecular weight is 400 g/mol. The van der Waals surface area contributed by atoms with Gasteiger partial charge in [0.15, 0.2) is 0 Å². The Labute approximate surface area is 171 Å². The fourth-order valence-electron chi connectivity index (χ4n) is 3.52. The summed E-state index contributed by atoms with van der Waals surface area (Å²) in [5.74, 6) is -0.200. The predicted octanol–water partition coefficient (Wildman–Crippen LogP) is 1.84. The number of piperazine rings is 1. The quantitative estimate of drug-likeness (QED) is 0.697.